The first-order valence-electron chi connectivity index (χ1n) is 14.0. The number of alkyl halides is 2. The van der Waals surface area contributed by atoms with E-state index < -0.39 is 5.92 Å². The molecule has 3 aromatic rings. The number of nitrogens with one attached hydrogen (secondary N) is 1. The fraction of sp³-hybridized carbons (Fsp3) is 0.655. The van der Waals surface area contributed by atoms with Crippen molar-refractivity contribution in [3.8, 4) is 0 Å². The number of aldehydes is 1. The quantitative estimate of drug-likeness (QED) is 0.451. The number of aromatic amines is 1. The molecule has 0 bridgehead atoms. The summed E-state index contributed by atoms with van der Waals surface area (Å²) < 4.78 is 28.4. The van der Waals surface area contributed by atoms with Crippen LogP contribution in [-0.2, 0) is 10.2 Å². The molecule has 1 saturated carbocycles. The highest BCUT2D eigenvalue weighted by atomic mass is 19.3. The maximum Gasteiger partial charge on any atom is 0.248 e. The van der Waals surface area contributed by atoms with Crippen molar-refractivity contribution in [3.63, 3.8) is 0 Å². The Morgan fingerprint density at radius 1 is 1.07 bits per heavy atom. The summed E-state index contributed by atoms with van der Waals surface area (Å²) in [6.07, 6.45) is 3.92. The maximum absolute atomic E-state index is 13.4. The van der Waals surface area contributed by atoms with Crippen LogP contribution in [0.1, 0.15) is 99.6 Å². The fourth-order valence-electron chi connectivity index (χ4n) is 4.98. The van der Waals surface area contributed by atoms with Gasteiger partial charge in [0.2, 0.25) is 12.3 Å². The Balaban J connectivity index is 0.000000211. The molecule has 1 aliphatic heterocycles. The number of aromatic nitrogens is 6. The number of H-pyrrole nitrogens is 1. The zero-order chi connectivity index (χ0) is 30.6. The van der Waals surface area contributed by atoms with Gasteiger partial charge in [-0.2, -0.15) is 10.2 Å². The molecule has 3 aromatic heterocycles. The summed E-state index contributed by atoms with van der Waals surface area (Å²) in [6, 6.07) is 1.98. The number of halogens is 2. The van der Waals surface area contributed by atoms with Crippen LogP contribution >= 0.6 is 0 Å². The summed E-state index contributed by atoms with van der Waals surface area (Å²) in [7, 11) is 2.10. The summed E-state index contributed by atoms with van der Waals surface area (Å²) in [4.78, 5) is 33.9. The van der Waals surface area contributed by atoms with Crippen molar-refractivity contribution in [2.45, 2.75) is 96.9 Å². The van der Waals surface area contributed by atoms with Gasteiger partial charge < -0.3 is 4.90 Å². The summed E-state index contributed by atoms with van der Waals surface area (Å²) in [5, 5.41) is 11.0. The molecule has 2 aliphatic rings. The second-order valence-electron chi connectivity index (χ2n) is 12.7. The van der Waals surface area contributed by atoms with E-state index in [0.717, 1.165) is 49.0 Å². The largest absolute Gasteiger partial charge is 0.342 e. The summed E-state index contributed by atoms with van der Waals surface area (Å²) in [6.45, 7) is 16.9. The molecule has 1 saturated heterocycles. The fourth-order valence-corrected chi connectivity index (χ4v) is 4.98. The Labute approximate surface area is 240 Å². The van der Waals surface area contributed by atoms with Crippen molar-refractivity contribution >= 4 is 18.3 Å². The van der Waals surface area contributed by atoms with Gasteiger partial charge in [0, 0.05) is 49.5 Å². The number of rotatable bonds is 3. The molecule has 5 rings (SSSR count). The van der Waals surface area contributed by atoms with Crippen molar-refractivity contribution in [2.24, 2.45) is 0 Å². The number of piperazine rings is 1. The molecular formula is C29H44F2N8O2. The van der Waals surface area contributed by atoms with E-state index in [-0.39, 0.29) is 29.7 Å². The zero-order valence-electron chi connectivity index (χ0n) is 25.5. The third kappa shape index (κ3) is 8.61. The molecule has 1 N–H and O–H groups in total. The number of hydrogen-bond donors (Lipinski definition) is 1. The molecular weight excluding hydrogens is 530 g/mol. The molecule has 0 aromatic carbocycles. The van der Waals surface area contributed by atoms with Gasteiger partial charge in [0.1, 0.15) is 17.3 Å². The second-order valence-corrected chi connectivity index (χ2v) is 12.7. The SMILES string of the molecule is CC(C)(C)c1cc(C2CCC(F)(F)CC2)nn2cc(C=O)nc12.CN1CCN(C=O)CC1(C)C.Cc1n[nH]c(C)n1. The van der Waals surface area contributed by atoms with E-state index in [1.54, 1.807) is 10.7 Å². The predicted octanol–water partition coefficient (Wildman–Crippen LogP) is 4.72. The van der Waals surface area contributed by atoms with Crippen LogP contribution in [0.15, 0.2) is 12.3 Å². The first-order valence-corrected chi connectivity index (χ1v) is 14.0. The van der Waals surface area contributed by atoms with Gasteiger partial charge in [-0.3, -0.25) is 19.6 Å². The van der Waals surface area contributed by atoms with E-state index in [4.69, 9.17) is 0 Å². The van der Waals surface area contributed by atoms with Gasteiger partial charge in [-0.25, -0.2) is 23.3 Å². The molecule has 12 heteroatoms. The second kappa shape index (κ2) is 12.7. The summed E-state index contributed by atoms with van der Waals surface area (Å²) in [5.74, 6) is -0.843. The lowest BCUT2D eigenvalue weighted by atomic mass is 9.82. The molecule has 0 unspecified atom stereocenters. The van der Waals surface area contributed by atoms with Crippen molar-refractivity contribution < 1.29 is 18.4 Å². The Morgan fingerprint density at radius 3 is 2.20 bits per heavy atom. The molecule has 2 fully saturated rings. The number of imidazole rings is 1. The van der Waals surface area contributed by atoms with Gasteiger partial charge >= 0.3 is 0 Å². The molecule has 1 aliphatic carbocycles. The van der Waals surface area contributed by atoms with Gasteiger partial charge in [0.15, 0.2) is 11.9 Å². The number of hydrogen-bond acceptors (Lipinski definition) is 7. The lowest BCUT2D eigenvalue weighted by molar-refractivity contribution is -0.122. The average Bonchev–Trinajstić information content (AvgIpc) is 3.49. The van der Waals surface area contributed by atoms with E-state index in [1.807, 2.05) is 24.8 Å². The first kappa shape index (κ1) is 32.2. The van der Waals surface area contributed by atoms with Gasteiger partial charge in [-0.15, -0.1) is 0 Å². The molecule has 10 nitrogen and oxygen atoms in total. The van der Waals surface area contributed by atoms with Gasteiger partial charge in [-0.1, -0.05) is 20.8 Å². The standard InChI is InChI=1S/C17H21F2N3O.C8H16N2O.C4H7N3/c1-16(2,3)13-8-14(11-4-6-17(18,19)7-5-11)21-22-9-12(10-23)20-15(13)22;1-8(2)6-10(7-11)5-4-9(8)3;1-3-5-4(2)7-6-3/h8-11H,4-7H2,1-3H3;7H,4-6H2,1-3H3;1-2H3,(H,5,6,7). The topological polar surface area (TPSA) is 112 Å². The smallest absolute Gasteiger partial charge is 0.248 e. The van der Waals surface area contributed by atoms with Crippen LogP contribution in [0.5, 0.6) is 0 Å². The van der Waals surface area contributed by atoms with E-state index in [1.165, 1.54) is 0 Å². The van der Waals surface area contributed by atoms with Gasteiger partial charge in [0.05, 0.1) is 11.9 Å². The molecule has 0 atom stereocenters. The third-order valence-corrected chi connectivity index (χ3v) is 7.73. The average molecular weight is 575 g/mol. The highest BCUT2D eigenvalue weighted by Gasteiger charge is 2.36. The number of likely N-dealkylation sites (N-methyl/N-ethyl adjacent to an activating group) is 1. The van der Waals surface area contributed by atoms with Crippen molar-refractivity contribution in [1.29, 1.82) is 0 Å². The predicted molar refractivity (Wildman–Crippen MR) is 153 cm³/mol. The minimum atomic E-state index is -2.55. The molecule has 0 radical (unpaired) electrons. The highest BCUT2D eigenvalue weighted by Crippen LogP contribution is 2.41. The van der Waals surface area contributed by atoms with E-state index in [9.17, 15) is 18.4 Å². The number of carbonyl (C=O) groups excluding carboxylic acids is 2. The molecule has 1 amide bonds. The van der Waals surface area contributed by atoms with E-state index >= 15 is 0 Å². The summed E-state index contributed by atoms with van der Waals surface area (Å²) >= 11 is 0. The molecule has 0 spiro atoms. The number of nitrogens with zero attached hydrogens (tertiary/aromatic N) is 7. The molecule has 4 heterocycles. The zero-order valence-corrected chi connectivity index (χ0v) is 25.5. The minimum Gasteiger partial charge on any atom is -0.342 e. The van der Waals surface area contributed by atoms with Gasteiger partial charge in [-0.05, 0) is 59.1 Å². The van der Waals surface area contributed by atoms with Crippen LogP contribution < -0.4 is 0 Å². The Bertz CT molecular complexity index is 1300. The van der Waals surface area contributed by atoms with Crippen LogP contribution in [0, 0.1) is 13.8 Å². The monoisotopic (exact) mass is 574 g/mol. The molecule has 226 valence electrons. The Hall–Kier alpha value is -3.28. The lowest BCUT2D eigenvalue weighted by Crippen LogP contribution is -2.57. The van der Waals surface area contributed by atoms with Crippen molar-refractivity contribution in [2.75, 3.05) is 26.7 Å². The normalized spacial score (nSPS) is 19.1. The van der Waals surface area contributed by atoms with Crippen LogP contribution in [0.4, 0.5) is 8.78 Å². The van der Waals surface area contributed by atoms with Crippen LogP contribution in [0.3, 0.4) is 0 Å². The van der Waals surface area contributed by atoms with Crippen LogP contribution in [-0.4, -0.2) is 90.4 Å². The Morgan fingerprint density at radius 2 is 1.73 bits per heavy atom. The Kier molecular flexibility index (Phi) is 9.99. The van der Waals surface area contributed by atoms with Gasteiger partial charge in [0.25, 0.3) is 0 Å². The van der Waals surface area contributed by atoms with E-state index in [0.29, 0.717) is 30.5 Å². The highest BCUT2D eigenvalue weighted by molar-refractivity contribution is 5.73. The van der Waals surface area contributed by atoms with Crippen molar-refractivity contribution in [1.82, 2.24) is 39.6 Å². The number of carbonyl (C=O) groups is 2. The van der Waals surface area contributed by atoms with Crippen LogP contribution in [0.25, 0.3) is 5.65 Å². The summed E-state index contributed by atoms with van der Waals surface area (Å²) in [5.41, 5.74) is 2.74. The third-order valence-electron chi connectivity index (χ3n) is 7.73. The first-order chi connectivity index (χ1) is 19.0. The number of amides is 1. The minimum absolute atomic E-state index is 0.0298. The maximum atomic E-state index is 13.4. The van der Waals surface area contributed by atoms with Crippen molar-refractivity contribution in [3.05, 3.63) is 40.9 Å². The number of aryl methyl sites for hydroxylation is 2. The van der Waals surface area contributed by atoms with E-state index in [2.05, 4.69) is 71.8 Å². The van der Waals surface area contributed by atoms with Crippen LogP contribution in [0.2, 0.25) is 0 Å². The molecule has 41 heavy (non-hydrogen) atoms. The lowest BCUT2D eigenvalue weighted by Gasteiger charge is -2.43. The number of fused-ring (bicyclic) bond motifs is 1.